The highest BCUT2D eigenvalue weighted by molar-refractivity contribution is 8.45. The number of benzene rings is 1. The van der Waals surface area contributed by atoms with Crippen LogP contribution in [0, 0.1) is 0 Å². The van der Waals surface area contributed by atoms with Gasteiger partial charge in [-0.1, -0.05) is 30.3 Å². The number of carbonyl (C=O) groups is 1. The molecule has 2 heterocycles. The van der Waals surface area contributed by atoms with Crippen molar-refractivity contribution in [2.24, 2.45) is 4.99 Å². The quantitative estimate of drug-likeness (QED) is 0.703. The van der Waals surface area contributed by atoms with Crippen molar-refractivity contribution in [3.63, 3.8) is 0 Å². The summed E-state index contributed by atoms with van der Waals surface area (Å²) in [7, 11) is 0. The van der Waals surface area contributed by atoms with Crippen LogP contribution in [0.15, 0.2) is 51.5 Å². The molecule has 0 saturated heterocycles. The molecule has 0 spiro atoms. The molecule has 3 nitrogen and oxygen atoms in total. The van der Waals surface area contributed by atoms with Crippen LogP contribution in [0.5, 0.6) is 0 Å². The van der Waals surface area contributed by atoms with Crippen molar-refractivity contribution in [2.75, 3.05) is 5.75 Å². The average molecular weight is 350 g/mol. The fraction of sp³-hybridized carbons (Fsp3) is 0.125. The fourth-order valence-electron chi connectivity index (χ4n) is 1.91. The highest BCUT2D eigenvalue weighted by atomic mass is 35.5. The van der Waals surface area contributed by atoms with Crippen LogP contribution in [0.2, 0.25) is 5.02 Å². The lowest BCUT2D eigenvalue weighted by molar-refractivity contribution is -0.107. The van der Waals surface area contributed by atoms with Gasteiger partial charge < -0.3 is 4.42 Å². The fourth-order valence-corrected chi connectivity index (χ4v) is 3.77. The average Bonchev–Trinajstić information content (AvgIpc) is 3.08. The summed E-state index contributed by atoms with van der Waals surface area (Å²) >= 11 is 8.62. The number of hydrogen-bond donors (Lipinski definition) is 0. The molecule has 112 valence electrons. The van der Waals surface area contributed by atoms with E-state index >= 15 is 0 Å². The first-order valence-corrected chi connectivity index (χ1v) is 8.85. The SMILES string of the molecule is CCSC1=N/C(=C/c2ccc(-c3ccc(Cl)cc3)o2)C(=O)S1. The van der Waals surface area contributed by atoms with Crippen LogP contribution in [0.1, 0.15) is 12.7 Å². The summed E-state index contributed by atoms with van der Waals surface area (Å²) in [6.07, 6.45) is 1.68. The number of halogens is 1. The van der Waals surface area contributed by atoms with E-state index in [2.05, 4.69) is 4.99 Å². The van der Waals surface area contributed by atoms with Gasteiger partial charge in [0, 0.05) is 16.7 Å². The molecule has 0 aliphatic carbocycles. The first-order chi connectivity index (χ1) is 10.7. The molecular formula is C16H12ClNO2S2. The summed E-state index contributed by atoms with van der Waals surface area (Å²) in [5.74, 6) is 2.24. The maximum atomic E-state index is 11.9. The number of aliphatic imine (C=N–C) groups is 1. The van der Waals surface area contributed by atoms with Crippen LogP contribution in [-0.4, -0.2) is 15.2 Å². The topological polar surface area (TPSA) is 42.6 Å². The van der Waals surface area contributed by atoms with Crippen molar-refractivity contribution in [3.05, 3.63) is 52.9 Å². The highest BCUT2D eigenvalue weighted by Crippen LogP contribution is 2.32. The summed E-state index contributed by atoms with van der Waals surface area (Å²) in [6.45, 7) is 2.03. The molecule has 1 aliphatic rings. The number of hydrogen-bond acceptors (Lipinski definition) is 5. The molecule has 0 N–H and O–H groups in total. The highest BCUT2D eigenvalue weighted by Gasteiger charge is 2.22. The second kappa shape index (κ2) is 6.77. The lowest BCUT2D eigenvalue weighted by atomic mass is 10.2. The van der Waals surface area contributed by atoms with Gasteiger partial charge in [0.1, 0.15) is 21.6 Å². The normalized spacial score (nSPS) is 16.4. The summed E-state index contributed by atoms with van der Waals surface area (Å²) in [6, 6.07) is 11.1. The maximum absolute atomic E-state index is 11.9. The molecule has 0 fully saturated rings. The predicted molar refractivity (Wildman–Crippen MR) is 95.3 cm³/mol. The molecule has 0 radical (unpaired) electrons. The van der Waals surface area contributed by atoms with Crippen LogP contribution >= 0.6 is 35.1 Å². The monoisotopic (exact) mass is 349 g/mol. The van der Waals surface area contributed by atoms with E-state index in [0.29, 0.717) is 16.5 Å². The minimum absolute atomic E-state index is 0.0413. The first kappa shape index (κ1) is 15.5. The van der Waals surface area contributed by atoms with Crippen molar-refractivity contribution >= 4 is 50.7 Å². The summed E-state index contributed by atoms with van der Waals surface area (Å²) in [4.78, 5) is 16.2. The van der Waals surface area contributed by atoms with Crippen LogP contribution in [0.3, 0.4) is 0 Å². The van der Waals surface area contributed by atoms with E-state index in [1.807, 2.05) is 43.3 Å². The van der Waals surface area contributed by atoms with Gasteiger partial charge in [0.2, 0.25) is 5.12 Å². The van der Waals surface area contributed by atoms with E-state index in [0.717, 1.165) is 21.5 Å². The zero-order valence-corrected chi connectivity index (χ0v) is 14.1. The van der Waals surface area contributed by atoms with Gasteiger partial charge in [0.05, 0.1) is 0 Å². The zero-order chi connectivity index (χ0) is 15.5. The lowest BCUT2D eigenvalue weighted by Gasteiger charge is -1.96. The van der Waals surface area contributed by atoms with Crippen molar-refractivity contribution in [3.8, 4) is 11.3 Å². The Morgan fingerprint density at radius 3 is 2.77 bits per heavy atom. The van der Waals surface area contributed by atoms with Gasteiger partial charge in [-0.15, -0.1) is 0 Å². The molecule has 1 aromatic carbocycles. The zero-order valence-electron chi connectivity index (χ0n) is 11.7. The van der Waals surface area contributed by atoms with Crippen molar-refractivity contribution < 1.29 is 9.21 Å². The maximum Gasteiger partial charge on any atom is 0.244 e. The van der Waals surface area contributed by atoms with Crippen molar-refractivity contribution in [1.82, 2.24) is 0 Å². The Morgan fingerprint density at radius 2 is 2.05 bits per heavy atom. The number of thioether (sulfide) groups is 2. The Kier molecular flexibility index (Phi) is 4.76. The third-order valence-electron chi connectivity index (χ3n) is 2.90. The minimum atomic E-state index is -0.0413. The van der Waals surface area contributed by atoms with Gasteiger partial charge in [-0.25, -0.2) is 4.99 Å². The Bertz CT molecular complexity index is 763. The van der Waals surface area contributed by atoms with E-state index in [-0.39, 0.29) is 5.12 Å². The minimum Gasteiger partial charge on any atom is -0.457 e. The van der Waals surface area contributed by atoms with Crippen LogP contribution < -0.4 is 0 Å². The van der Waals surface area contributed by atoms with E-state index in [4.69, 9.17) is 16.0 Å². The first-order valence-electron chi connectivity index (χ1n) is 6.67. The number of carbonyl (C=O) groups excluding carboxylic acids is 1. The molecule has 0 unspecified atom stereocenters. The Morgan fingerprint density at radius 1 is 1.27 bits per heavy atom. The van der Waals surface area contributed by atoms with Gasteiger partial charge in [-0.05, 0) is 53.9 Å². The third-order valence-corrected chi connectivity index (χ3v) is 5.05. The third kappa shape index (κ3) is 3.48. The molecule has 22 heavy (non-hydrogen) atoms. The Hall–Kier alpha value is -1.43. The molecule has 2 aromatic rings. The largest absolute Gasteiger partial charge is 0.457 e. The predicted octanol–water partition coefficient (Wildman–Crippen LogP) is 5.32. The van der Waals surface area contributed by atoms with Gasteiger partial charge in [0.25, 0.3) is 0 Å². The molecule has 0 atom stereocenters. The van der Waals surface area contributed by atoms with Crippen LogP contribution in [0.4, 0.5) is 0 Å². The van der Waals surface area contributed by atoms with Gasteiger partial charge in [-0.3, -0.25) is 4.79 Å². The second-order valence-corrected chi connectivity index (χ2v) is 7.35. The molecule has 0 saturated carbocycles. The van der Waals surface area contributed by atoms with E-state index in [1.165, 1.54) is 11.8 Å². The van der Waals surface area contributed by atoms with E-state index in [1.54, 1.807) is 17.8 Å². The second-order valence-electron chi connectivity index (χ2n) is 4.44. The summed E-state index contributed by atoms with van der Waals surface area (Å²) in [5.41, 5.74) is 1.37. The molecule has 0 bridgehead atoms. The smallest absolute Gasteiger partial charge is 0.244 e. The molecule has 1 aliphatic heterocycles. The van der Waals surface area contributed by atoms with Crippen LogP contribution in [-0.2, 0) is 4.79 Å². The summed E-state index contributed by atoms with van der Waals surface area (Å²) < 4.78 is 6.55. The van der Waals surface area contributed by atoms with Crippen molar-refractivity contribution in [1.29, 1.82) is 0 Å². The Labute approximate surface area is 141 Å². The molecule has 1 aromatic heterocycles. The molecule has 3 rings (SSSR count). The van der Waals surface area contributed by atoms with Crippen LogP contribution in [0.25, 0.3) is 17.4 Å². The Balaban J connectivity index is 1.84. The summed E-state index contributed by atoms with van der Waals surface area (Å²) in [5, 5.41) is 0.641. The van der Waals surface area contributed by atoms with Gasteiger partial charge in [0.15, 0.2) is 0 Å². The lowest BCUT2D eigenvalue weighted by Crippen LogP contribution is -1.87. The standard InChI is InChI=1S/C16H12ClNO2S2/c1-2-21-16-18-13(15(19)22-16)9-12-7-8-14(20-12)10-3-5-11(17)6-4-10/h3-9H,2H2,1H3/b13-9+. The number of rotatable bonds is 3. The molecule has 0 amide bonds. The van der Waals surface area contributed by atoms with Crippen molar-refractivity contribution in [2.45, 2.75) is 6.92 Å². The number of furan rings is 1. The number of nitrogens with zero attached hydrogens (tertiary/aromatic N) is 1. The van der Waals surface area contributed by atoms with Gasteiger partial charge >= 0.3 is 0 Å². The van der Waals surface area contributed by atoms with E-state index in [9.17, 15) is 4.79 Å². The van der Waals surface area contributed by atoms with E-state index < -0.39 is 0 Å². The molecular weight excluding hydrogens is 338 g/mol. The van der Waals surface area contributed by atoms with Gasteiger partial charge in [-0.2, -0.15) is 0 Å². The molecule has 6 heteroatoms.